The Morgan fingerprint density at radius 1 is 1.09 bits per heavy atom. The molecule has 0 heterocycles. The second-order valence-corrected chi connectivity index (χ2v) is 11.2. The Labute approximate surface area is 134 Å². The largest absolute Gasteiger partial charge is 0.468 e. The van der Waals surface area contributed by atoms with E-state index in [4.69, 9.17) is 9.47 Å². The third kappa shape index (κ3) is 3.19. The van der Waals surface area contributed by atoms with Crippen LogP contribution in [0.2, 0.25) is 18.1 Å². The Morgan fingerprint density at radius 3 is 1.91 bits per heavy atom. The standard InChI is InChI=1S/C17H28O4Si/c1-7-22(8-2,9-3)12-14-11-17(10-13(14)4,15(18)20-5)16(19)21-6/h12H,4,7-11H2,1-3,5-6H3/b14-12+. The number of hydrogen-bond acceptors (Lipinski definition) is 4. The smallest absolute Gasteiger partial charge is 0.323 e. The zero-order valence-corrected chi connectivity index (χ0v) is 15.5. The minimum absolute atomic E-state index is 0.291. The van der Waals surface area contributed by atoms with Crippen LogP contribution in [0.3, 0.4) is 0 Å². The molecule has 1 saturated carbocycles. The molecule has 1 aliphatic carbocycles. The number of esters is 2. The van der Waals surface area contributed by atoms with E-state index in [1.165, 1.54) is 14.2 Å². The number of allylic oxidation sites excluding steroid dienone is 2. The molecule has 0 aromatic carbocycles. The highest BCUT2D eigenvalue weighted by molar-refractivity contribution is 6.84. The van der Waals surface area contributed by atoms with Crippen molar-refractivity contribution in [1.29, 1.82) is 0 Å². The highest BCUT2D eigenvalue weighted by Crippen LogP contribution is 2.47. The average Bonchev–Trinajstić information content (AvgIpc) is 2.88. The van der Waals surface area contributed by atoms with Gasteiger partial charge in [-0.2, -0.15) is 0 Å². The van der Waals surface area contributed by atoms with Gasteiger partial charge < -0.3 is 9.47 Å². The minimum atomic E-state index is -1.50. The van der Waals surface area contributed by atoms with Gasteiger partial charge in [0.15, 0.2) is 5.41 Å². The quantitative estimate of drug-likeness (QED) is 0.425. The molecule has 0 aromatic rings. The van der Waals surface area contributed by atoms with E-state index in [9.17, 15) is 9.59 Å². The fourth-order valence-electron chi connectivity index (χ4n) is 3.33. The van der Waals surface area contributed by atoms with E-state index >= 15 is 0 Å². The molecule has 0 radical (unpaired) electrons. The average molecular weight is 324 g/mol. The summed E-state index contributed by atoms with van der Waals surface area (Å²) in [5, 5.41) is 0. The van der Waals surface area contributed by atoms with E-state index < -0.39 is 25.4 Å². The van der Waals surface area contributed by atoms with Gasteiger partial charge in [-0.1, -0.05) is 62.3 Å². The highest BCUT2D eigenvalue weighted by Gasteiger charge is 2.53. The lowest BCUT2D eigenvalue weighted by atomic mass is 9.86. The molecule has 1 fully saturated rings. The molecule has 4 nitrogen and oxygen atoms in total. The molecule has 22 heavy (non-hydrogen) atoms. The van der Waals surface area contributed by atoms with Gasteiger partial charge in [-0.05, 0) is 12.8 Å². The van der Waals surface area contributed by atoms with Crippen LogP contribution in [0.5, 0.6) is 0 Å². The van der Waals surface area contributed by atoms with Crippen LogP contribution in [-0.2, 0) is 19.1 Å². The maximum Gasteiger partial charge on any atom is 0.323 e. The lowest BCUT2D eigenvalue weighted by Gasteiger charge is -2.25. The topological polar surface area (TPSA) is 52.6 Å². The lowest BCUT2D eigenvalue weighted by Crippen LogP contribution is -2.39. The van der Waals surface area contributed by atoms with E-state index in [-0.39, 0.29) is 0 Å². The van der Waals surface area contributed by atoms with Crippen molar-refractivity contribution >= 4 is 20.0 Å². The second-order valence-electron chi connectivity index (χ2n) is 6.11. The molecule has 0 atom stereocenters. The number of carbonyl (C=O) groups is 2. The first-order valence-corrected chi connectivity index (χ1v) is 10.6. The Bertz CT molecular complexity index is 465. The van der Waals surface area contributed by atoms with Crippen molar-refractivity contribution < 1.29 is 19.1 Å². The Hall–Kier alpha value is -1.36. The molecule has 0 bridgehead atoms. The van der Waals surface area contributed by atoms with Crippen LogP contribution in [0.15, 0.2) is 23.4 Å². The molecule has 0 unspecified atom stereocenters. The second kappa shape index (κ2) is 7.27. The predicted octanol–water partition coefficient (Wildman–Crippen LogP) is 3.64. The highest BCUT2D eigenvalue weighted by atomic mass is 28.3. The summed E-state index contributed by atoms with van der Waals surface area (Å²) >= 11 is 0. The number of hydrogen-bond donors (Lipinski definition) is 0. The molecule has 0 aromatic heterocycles. The molecule has 0 amide bonds. The van der Waals surface area contributed by atoms with Gasteiger partial charge >= 0.3 is 11.9 Å². The van der Waals surface area contributed by atoms with Crippen LogP contribution in [-0.4, -0.2) is 34.2 Å². The first kappa shape index (κ1) is 18.7. The third-order valence-electron chi connectivity index (χ3n) is 5.21. The monoisotopic (exact) mass is 324 g/mol. The summed E-state index contributed by atoms with van der Waals surface area (Å²) in [6.45, 7) is 10.8. The molecule has 1 aliphatic rings. The normalized spacial score (nSPS) is 19.3. The van der Waals surface area contributed by atoms with Gasteiger partial charge in [0.05, 0.1) is 22.3 Å². The first-order valence-electron chi connectivity index (χ1n) is 7.91. The molecule has 124 valence electrons. The summed E-state index contributed by atoms with van der Waals surface area (Å²) in [6.07, 6.45) is 0.639. The Balaban J connectivity index is 3.26. The molecule has 0 N–H and O–H groups in total. The van der Waals surface area contributed by atoms with Crippen LogP contribution >= 0.6 is 0 Å². The summed E-state index contributed by atoms with van der Waals surface area (Å²) < 4.78 is 9.74. The summed E-state index contributed by atoms with van der Waals surface area (Å²) in [5.41, 5.74) is 3.01. The van der Waals surface area contributed by atoms with Gasteiger partial charge in [0.2, 0.25) is 0 Å². The SMILES string of the molecule is C=C1CC(C(=O)OC)(C(=O)OC)C/C1=C\[Si](CC)(CC)CC. The van der Waals surface area contributed by atoms with Crippen molar-refractivity contribution in [2.45, 2.75) is 51.7 Å². The fraction of sp³-hybridized carbons (Fsp3) is 0.647. The van der Waals surface area contributed by atoms with Crippen molar-refractivity contribution in [1.82, 2.24) is 0 Å². The molecular formula is C17H28O4Si. The summed E-state index contributed by atoms with van der Waals surface area (Å²) in [4.78, 5) is 24.4. The van der Waals surface area contributed by atoms with Crippen LogP contribution in [0, 0.1) is 5.41 Å². The van der Waals surface area contributed by atoms with Gasteiger partial charge in [0.25, 0.3) is 0 Å². The minimum Gasteiger partial charge on any atom is -0.468 e. The molecule has 0 spiro atoms. The Kier molecular flexibility index (Phi) is 6.17. The van der Waals surface area contributed by atoms with E-state index in [0.717, 1.165) is 29.3 Å². The molecule has 0 aliphatic heterocycles. The van der Waals surface area contributed by atoms with Crippen molar-refractivity contribution in [3.8, 4) is 0 Å². The van der Waals surface area contributed by atoms with E-state index in [2.05, 4.69) is 33.0 Å². The van der Waals surface area contributed by atoms with Crippen LogP contribution < -0.4 is 0 Å². The van der Waals surface area contributed by atoms with Crippen LogP contribution in [0.4, 0.5) is 0 Å². The summed E-state index contributed by atoms with van der Waals surface area (Å²) in [7, 11) is 1.11. The van der Waals surface area contributed by atoms with Gasteiger partial charge in [0, 0.05) is 0 Å². The zero-order valence-electron chi connectivity index (χ0n) is 14.5. The van der Waals surface area contributed by atoms with Gasteiger partial charge in [-0.15, -0.1) is 0 Å². The summed E-state index contributed by atoms with van der Waals surface area (Å²) in [6, 6.07) is 3.46. The van der Waals surface area contributed by atoms with Crippen molar-refractivity contribution in [2.75, 3.05) is 14.2 Å². The van der Waals surface area contributed by atoms with E-state index in [1.807, 2.05) is 0 Å². The van der Waals surface area contributed by atoms with E-state index in [1.54, 1.807) is 0 Å². The van der Waals surface area contributed by atoms with Gasteiger partial charge in [0.1, 0.15) is 0 Å². The Morgan fingerprint density at radius 2 is 1.55 bits per heavy atom. The molecule has 0 saturated heterocycles. The molecule has 1 rings (SSSR count). The van der Waals surface area contributed by atoms with Crippen LogP contribution in [0.1, 0.15) is 33.6 Å². The maximum atomic E-state index is 12.2. The summed E-state index contributed by atoms with van der Waals surface area (Å²) in [5.74, 6) is -1.05. The number of methoxy groups -OCH3 is 2. The maximum absolute atomic E-state index is 12.2. The van der Waals surface area contributed by atoms with Gasteiger partial charge in [-0.3, -0.25) is 9.59 Å². The number of carbonyl (C=O) groups excluding carboxylic acids is 2. The van der Waals surface area contributed by atoms with E-state index in [0.29, 0.717) is 12.8 Å². The zero-order chi connectivity index (χ0) is 17.0. The van der Waals surface area contributed by atoms with Crippen molar-refractivity contribution in [3.05, 3.63) is 23.4 Å². The lowest BCUT2D eigenvalue weighted by molar-refractivity contribution is -0.168. The van der Waals surface area contributed by atoms with Crippen molar-refractivity contribution in [2.24, 2.45) is 5.41 Å². The fourth-order valence-corrected chi connectivity index (χ4v) is 6.49. The van der Waals surface area contributed by atoms with Crippen LogP contribution in [0.25, 0.3) is 0 Å². The molecule has 5 heteroatoms. The van der Waals surface area contributed by atoms with Crippen molar-refractivity contribution in [3.63, 3.8) is 0 Å². The number of ether oxygens (including phenoxy) is 2. The third-order valence-corrected chi connectivity index (χ3v) is 10.4. The molecular weight excluding hydrogens is 296 g/mol. The predicted molar refractivity (Wildman–Crippen MR) is 90.1 cm³/mol. The number of rotatable bonds is 6. The van der Waals surface area contributed by atoms with Gasteiger partial charge in [-0.25, -0.2) is 0 Å². The first-order chi connectivity index (χ1) is 10.3.